The van der Waals surface area contributed by atoms with Gasteiger partial charge in [-0.15, -0.1) is 0 Å². The largest absolute Gasteiger partial charge is 0.504 e. The van der Waals surface area contributed by atoms with Crippen LogP contribution in [-0.2, 0) is 9.59 Å². The number of carbonyl (C=O) groups excluding carboxylic acids is 2. The molecular weight excluding hydrogens is 328 g/mol. The number of ketones is 2. The molecule has 0 heterocycles. The van der Waals surface area contributed by atoms with E-state index in [1.807, 2.05) is 24.3 Å². The predicted molar refractivity (Wildman–Crippen MR) is 99.5 cm³/mol. The fourth-order valence-electron chi connectivity index (χ4n) is 3.16. The zero-order valence-electron chi connectivity index (χ0n) is 13.6. The molecule has 0 radical (unpaired) electrons. The fraction of sp³-hybridized carbons (Fsp3) is 0. The first-order valence-electron chi connectivity index (χ1n) is 8.08. The van der Waals surface area contributed by atoms with Crippen LogP contribution in [0.1, 0.15) is 11.1 Å². The lowest BCUT2D eigenvalue weighted by Crippen LogP contribution is -2.22. The summed E-state index contributed by atoms with van der Waals surface area (Å²) < 4.78 is 0. The average Bonchev–Trinajstić information content (AvgIpc) is 2.67. The van der Waals surface area contributed by atoms with Gasteiger partial charge in [0.2, 0.25) is 11.6 Å². The molecule has 2 N–H and O–H groups in total. The predicted octanol–water partition coefficient (Wildman–Crippen LogP) is 4.23. The van der Waals surface area contributed by atoms with E-state index in [4.69, 9.17) is 0 Å². The monoisotopic (exact) mass is 342 g/mol. The van der Waals surface area contributed by atoms with E-state index in [1.54, 1.807) is 48.5 Å². The zero-order chi connectivity index (χ0) is 18.3. The maximum Gasteiger partial charge on any atom is 0.232 e. The van der Waals surface area contributed by atoms with Gasteiger partial charge in [-0.05, 0) is 28.0 Å². The van der Waals surface area contributed by atoms with E-state index in [0.717, 1.165) is 10.8 Å². The average molecular weight is 342 g/mol. The molecule has 4 nitrogen and oxygen atoms in total. The Morgan fingerprint density at radius 1 is 0.538 bits per heavy atom. The Kier molecular flexibility index (Phi) is 3.66. The molecule has 3 aromatic carbocycles. The number of carbonyl (C=O) groups is 2. The standard InChI is InChI=1S/C22H14O4/c23-19-17(14-7-2-1-3-8-14)20(24)22(26)18(21(19)25)16-11-10-13-6-4-5-9-15(13)12-16/h1-12,23,26H. The Morgan fingerprint density at radius 2 is 1.08 bits per heavy atom. The molecule has 1 aliphatic rings. The van der Waals surface area contributed by atoms with Crippen molar-refractivity contribution in [3.05, 3.63) is 95.4 Å². The highest BCUT2D eigenvalue weighted by Crippen LogP contribution is 2.34. The Bertz CT molecular complexity index is 1120. The van der Waals surface area contributed by atoms with Gasteiger partial charge in [0.15, 0.2) is 11.5 Å². The van der Waals surface area contributed by atoms with Gasteiger partial charge in [-0.25, -0.2) is 0 Å². The highest BCUT2D eigenvalue weighted by atomic mass is 16.3. The quantitative estimate of drug-likeness (QED) is 0.684. The van der Waals surface area contributed by atoms with Crippen LogP contribution in [0.5, 0.6) is 0 Å². The summed E-state index contributed by atoms with van der Waals surface area (Å²) in [6.45, 7) is 0. The van der Waals surface area contributed by atoms with Crippen LogP contribution in [0.3, 0.4) is 0 Å². The summed E-state index contributed by atoms with van der Waals surface area (Å²) in [7, 11) is 0. The fourth-order valence-corrected chi connectivity index (χ4v) is 3.16. The molecule has 0 fully saturated rings. The molecule has 0 aliphatic heterocycles. The molecule has 4 heteroatoms. The van der Waals surface area contributed by atoms with E-state index in [-0.39, 0.29) is 11.1 Å². The third-order valence-corrected chi connectivity index (χ3v) is 4.46. The minimum Gasteiger partial charge on any atom is -0.504 e. The lowest BCUT2D eigenvalue weighted by molar-refractivity contribution is -0.116. The Labute approximate surface area is 149 Å². The molecule has 0 aromatic heterocycles. The molecule has 0 amide bonds. The van der Waals surface area contributed by atoms with Crippen molar-refractivity contribution < 1.29 is 19.8 Å². The molecule has 0 spiro atoms. The third-order valence-electron chi connectivity index (χ3n) is 4.46. The third kappa shape index (κ3) is 2.40. The highest BCUT2D eigenvalue weighted by molar-refractivity contribution is 6.46. The van der Waals surface area contributed by atoms with Gasteiger partial charge in [0, 0.05) is 0 Å². The van der Waals surface area contributed by atoms with Crippen LogP contribution >= 0.6 is 0 Å². The van der Waals surface area contributed by atoms with Gasteiger partial charge in [0.1, 0.15) is 0 Å². The van der Waals surface area contributed by atoms with Crippen LogP contribution in [0.2, 0.25) is 0 Å². The van der Waals surface area contributed by atoms with E-state index in [0.29, 0.717) is 11.1 Å². The van der Waals surface area contributed by atoms with Crippen LogP contribution in [0.4, 0.5) is 0 Å². The molecule has 1 aliphatic carbocycles. The van der Waals surface area contributed by atoms with Crippen molar-refractivity contribution in [2.45, 2.75) is 0 Å². The van der Waals surface area contributed by atoms with Crippen molar-refractivity contribution in [2.75, 3.05) is 0 Å². The first-order valence-corrected chi connectivity index (χ1v) is 8.08. The van der Waals surface area contributed by atoms with Crippen molar-refractivity contribution in [3.8, 4) is 0 Å². The van der Waals surface area contributed by atoms with E-state index in [2.05, 4.69) is 0 Å². The maximum atomic E-state index is 12.7. The van der Waals surface area contributed by atoms with E-state index in [1.165, 1.54) is 0 Å². The summed E-state index contributed by atoms with van der Waals surface area (Å²) in [4.78, 5) is 25.4. The molecule has 3 aromatic rings. The molecule has 0 unspecified atom stereocenters. The second-order valence-electron chi connectivity index (χ2n) is 6.03. The topological polar surface area (TPSA) is 74.6 Å². The second-order valence-corrected chi connectivity index (χ2v) is 6.03. The second kappa shape index (κ2) is 6.01. The van der Waals surface area contributed by atoms with Gasteiger partial charge in [-0.1, -0.05) is 66.7 Å². The SMILES string of the molecule is O=C1C(O)=C(c2ccc3ccccc3c2)C(=O)C(O)=C1c1ccccc1. The lowest BCUT2D eigenvalue weighted by Gasteiger charge is -2.18. The van der Waals surface area contributed by atoms with E-state index in [9.17, 15) is 19.8 Å². The van der Waals surface area contributed by atoms with Crippen LogP contribution < -0.4 is 0 Å². The number of aliphatic hydroxyl groups is 2. The highest BCUT2D eigenvalue weighted by Gasteiger charge is 2.36. The number of aliphatic hydroxyl groups excluding tert-OH is 2. The van der Waals surface area contributed by atoms with Crippen molar-refractivity contribution in [1.82, 2.24) is 0 Å². The first kappa shape index (κ1) is 15.8. The number of fused-ring (bicyclic) bond motifs is 1. The molecule has 0 bridgehead atoms. The molecule has 126 valence electrons. The maximum absolute atomic E-state index is 12.7. The number of benzene rings is 3. The molecule has 0 saturated carbocycles. The summed E-state index contributed by atoms with van der Waals surface area (Å²) in [5, 5.41) is 22.7. The minimum absolute atomic E-state index is 0.182. The van der Waals surface area contributed by atoms with E-state index < -0.39 is 23.1 Å². The summed E-state index contributed by atoms with van der Waals surface area (Å²) in [6, 6.07) is 21.1. The number of rotatable bonds is 2. The van der Waals surface area contributed by atoms with Crippen molar-refractivity contribution in [3.63, 3.8) is 0 Å². The normalized spacial score (nSPS) is 15.1. The van der Waals surface area contributed by atoms with Crippen LogP contribution in [0, 0.1) is 0 Å². The summed E-state index contributed by atoms with van der Waals surface area (Å²) in [6.07, 6.45) is 0. The minimum atomic E-state index is -0.767. The molecular formula is C22H14O4. The Morgan fingerprint density at radius 3 is 1.73 bits per heavy atom. The number of allylic oxidation sites excluding steroid dienone is 2. The van der Waals surface area contributed by atoms with Crippen molar-refractivity contribution in [2.24, 2.45) is 0 Å². The van der Waals surface area contributed by atoms with Crippen molar-refractivity contribution >= 4 is 33.5 Å². The summed E-state index contributed by atoms with van der Waals surface area (Å²) in [5.41, 5.74) is 0.404. The van der Waals surface area contributed by atoms with Crippen LogP contribution in [0.15, 0.2) is 84.3 Å². The molecule has 0 atom stereocenters. The summed E-state index contributed by atoms with van der Waals surface area (Å²) >= 11 is 0. The zero-order valence-corrected chi connectivity index (χ0v) is 13.6. The Hall–Kier alpha value is -3.66. The number of hydrogen-bond donors (Lipinski definition) is 2. The van der Waals surface area contributed by atoms with Gasteiger partial charge >= 0.3 is 0 Å². The number of hydrogen-bond acceptors (Lipinski definition) is 4. The first-order chi connectivity index (χ1) is 12.6. The van der Waals surface area contributed by atoms with Crippen LogP contribution in [0.25, 0.3) is 21.9 Å². The molecule has 4 rings (SSSR count). The van der Waals surface area contributed by atoms with Gasteiger partial charge in [-0.2, -0.15) is 0 Å². The smallest absolute Gasteiger partial charge is 0.232 e. The summed E-state index contributed by atoms with van der Waals surface area (Å²) in [5.74, 6) is -2.84. The molecule has 26 heavy (non-hydrogen) atoms. The van der Waals surface area contributed by atoms with Gasteiger partial charge < -0.3 is 10.2 Å². The Balaban J connectivity index is 1.87. The number of Topliss-reactive ketones (excluding diaryl/α,β-unsaturated/α-hetero) is 2. The molecule has 0 saturated heterocycles. The van der Waals surface area contributed by atoms with Gasteiger partial charge in [0.25, 0.3) is 0 Å². The van der Waals surface area contributed by atoms with Gasteiger partial charge in [-0.3, -0.25) is 9.59 Å². The van der Waals surface area contributed by atoms with Gasteiger partial charge in [0.05, 0.1) is 11.1 Å². The van der Waals surface area contributed by atoms with Crippen LogP contribution in [-0.4, -0.2) is 21.8 Å². The van der Waals surface area contributed by atoms with E-state index >= 15 is 0 Å². The lowest BCUT2D eigenvalue weighted by atomic mass is 9.86. The van der Waals surface area contributed by atoms with Crippen molar-refractivity contribution in [1.29, 1.82) is 0 Å².